The van der Waals surface area contributed by atoms with Crippen LogP contribution in [0.2, 0.25) is 0 Å². The molecule has 0 unspecified atom stereocenters. The van der Waals surface area contributed by atoms with E-state index in [0.717, 1.165) is 54.6 Å². The summed E-state index contributed by atoms with van der Waals surface area (Å²) in [6.07, 6.45) is 3.22. The Labute approximate surface area is 295 Å². The molecule has 4 aromatic rings. The SMILES string of the molecule is CN(C)[C@@H]1c2onc(OCc3ccccc3)c2C(=O)[C@@]2(O)C(=O)C3=C(O)c4c(OCc5ccccc5)cc(C=O)c(N5CCCC5)c4C[C@H]3C[C@@H]12. The fraction of sp³-hybridized carbons (Fsp3) is 0.350. The van der Waals surface area contributed by atoms with Crippen molar-refractivity contribution in [3.63, 3.8) is 0 Å². The van der Waals surface area contributed by atoms with Crippen LogP contribution in [0.4, 0.5) is 5.69 Å². The molecule has 2 fully saturated rings. The van der Waals surface area contributed by atoms with Gasteiger partial charge in [0.2, 0.25) is 11.6 Å². The summed E-state index contributed by atoms with van der Waals surface area (Å²) in [6.45, 7) is 1.75. The second kappa shape index (κ2) is 12.8. The molecule has 8 rings (SSSR count). The minimum atomic E-state index is -2.53. The highest BCUT2D eigenvalue weighted by molar-refractivity contribution is 6.26. The summed E-state index contributed by atoms with van der Waals surface area (Å²) in [5, 5.41) is 28.8. The van der Waals surface area contributed by atoms with E-state index < -0.39 is 35.0 Å². The van der Waals surface area contributed by atoms with Crippen LogP contribution in [-0.2, 0) is 24.4 Å². The predicted octanol–water partition coefficient (Wildman–Crippen LogP) is 5.51. The van der Waals surface area contributed by atoms with Crippen LogP contribution in [0.15, 0.2) is 76.8 Å². The largest absolute Gasteiger partial charge is 0.507 e. The standard InChI is InChI=1S/C40H39N3O8/c1-42(2)34-28-18-25-17-27-31(29(49-21-23-11-5-3-6-12-23)19-26(20-44)33(27)43-15-9-10-16-43)35(45)30(25)37(46)40(28,48)38(47)32-36(34)51-41-39(32)50-22-24-13-7-4-8-14-24/h3-8,11-14,19-20,25,28,34,45,48H,9-10,15-18,21-22H2,1-2H3/t25-,28-,34-,40-/m0/s1. The third kappa shape index (κ3) is 5.25. The van der Waals surface area contributed by atoms with Crippen LogP contribution in [-0.4, -0.2) is 70.9 Å². The minimum Gasteiger partial charge on any atom is -0.507 e. The van der Waals surface area contributed by atoms with Gasteiger partial charge >= 0.3 is 0 Å². The average molecular weight is 690 g/mol. The molecule has 11 nitrogen and oxygen atoms in total. The molecule has 51 heavy (non-hydrogen) atoms. The van der Waals surface area contributed by atoms with Crippen molar-refractivity contribution in [2.24, 2.45) is 11.8 Å². The number of benzene rings is 3. The van der Waals surface area contributed by atoms with E-state index in [2.05, 4.69) is 10.1 Å². The molecule has 0 radical (unpaired) electrons. The van der Waals surface area contributed by atoms with Crippen LogP contribution in [0, 0.1) is 11.8 Å². The number of nitrogens with zero attached hydrogens (tertiary/aromatic N) is 3. The van der Waals surface area contributed by atoms with Gasteiger partial charge in [-0.3, -0.25) is 19.3 Å². The summed E-state index contributed by atoms with van der Waals surface area (Å²) >= 11 is 0. The number of rotatable bonds is 9. The molecular formula is C40H39N3O8. The zero-order valence-electron chi connectivity index (χ0n) is 28.5. The number of aromatic nitrogens is 1. The molecule has 0 bridgehead atoms. The summed E-state index contributed by atoms with van der Waals surface area (Å²) in [6, 6.07) is 19.8. The topological polar surface area (TPSA) is 143 Å². The monoisotopic (exact) mass is 689 g/mol. The van der Waals surface area contributed by atoms with E-state index in [1.807, 2.05) is 60.7 Å². The van der Waals surface area contributed by atoms with Crippen LogP contribution in [0.5, 0.6) is 11.6 Å². The number of aldehydes is 1. The van der Waals surface area contributed by atoms with Crippen molar-refractivity contribution < 1.29 is 38.6 Å². The Balaban J connectivity index is 1.24. The van der Waals surface area contributed by atoms with Crippen molar-refractivity contribution >= 4 is 29.3 Å². The van der Waals surface area contributed by atoms with Gasteiger partial charge in [0.15, 0.2) is 17.6 Å². The second-order valence-corrected chi connectivity index (χ2v) is 14.1. The molecule has 0 spiro atoms. The Morgan fingerprint density at radius 1 is 0.961 bits per heavy atom. The van der Waals surface area contributed by atoms with Gasteiger partial charge in [0, 0.05) is 30.1 Å². The third-order valence-corrected chi connectivity index (χ3v) is 10.9. The molecule has 3 aromatic carbocycles. The van der Waals surface area contributed by atoms with E-state index in [0.29, 0.717) is 17.5 Å². The van der Waals surface area contributed by atoms with Crippen LogP contribution < -0.4 is 14.4 Å². The number of fused-ring (bicyclic) bond motifs is 4. The lowest BCUT2D eigenvalue weighted by atomic mass is 9.57. The summed E-state index contributed by atoms with van der Waals surface area (Å²) in [4.78, 5) is 45.8. The summed E-state index contributed by atoms with van der Waals surface area (Å²) in [5.41, 5.74) is 1.29. The molecule has 262 valence electrons. The van der Waals surface area contributed by atoms with Gasteiger partial charge in [0.1, 0.15) is 30.3 Å². The maximum Gasteiger partial charge on any atom is 0.265 e. The highest BCUT2D eigenvalue weighted by atomic mass is 16.5. The number of aliphatic hydroxyl groups excluding tert-OH is 1. The van der Waals surface area contributed by atoms with Crippen LogP contribution in [0.1, 0.15) is 74.0 Å². The predicted molar refractivity (Wildman–Crippen MR) is 187 cm³/mol. The van der Waals surface area contributed by atoms with Gasteiger partial charge in [-0.25, -0.2) is 0 Å². The first-order valence-corrected chi connectivity index (χ1v) is 17.4. The molecule has 3 aliphatic carbocycles. The van der Waals surface area contributed by atoms with Gasteiger partial charge in [-0.05, 0) is 73.6 Å². The Morgan fingerprint density at radius 3 is 2.24 bits per heavy atom. The molecule has 1 saturated carbocycles. The second-order valence-electron chi connectivity index (χ2n) is 14.1. The minimum absolute atomic E-state index is 0.0189. The highest BCUT2D eigenvalue weighted by Crippen LogP contribution is 2.57. The smallest absolute Gasteiger partial charge is 0.265 e. The lowest BCUT2D eigenvalue weighted by Crippen LogP contribution is -2.63. The maximum atomic E-state index is 14.8. The van der Waals surface area contributed by atoms with E-state index in [1.165, 1.54) is 0 Å². The lowest BCUT2D eigenvalue weighted by Gasteiger charge is -2.49. The summed E-state index contributed by atoms with van der Waals surface area (Å²) < 4.78 is 18.0. The zero-order valence-corrected chi connectivity index (χ0v) is 28.5. The highest BCUT2D eigenvalue weighted by Gasteiger charge is 2.65. The fourth-order valence-corrected chi connectivity index (χ4v) is 8.58. The van der Waals surface area contributed by atoms with Crippen LogP contribution in [0.3, 0.4) is 0 Å². The van der Waals surface area contributed by atoms with E-state index in [1.54, 1.807) is 25.1 Å². The molecule has 4 aliphatic rings. The number of hydrogen-bond donors (Lipinski definition) is 2. The third-order valence-electron chi connectivity index (χ3n) is 10.9. The molecule has 2 N–H and O–H groups in total. The summed E-state index contributed by atoms with van der Waals surface area (Å²) in [7, 11) is 3.58. The number of carbonyl (C=O) groups is 3. The van der Waals surface area contributed by atoms with Crippen LogP contribution >= 0.6 is 0 Å². The number of hydrogen-bond acceptors (Lipinski definition) is 11. The molecule has 1 aromatic heterocycles. The first-order chi connectivity index (χ1) is 24.7. The van der Waals surface area contributed by atoms with E-state index in [9.17, 15) is 24.6 Å². The van der Waals surface area contributed by atoms with Crippen molar-refractivity contribution in [1.29, 1.82) is 0 Å². The normalized spacial score (nSPS) is 23.8. The Morgan fingerprint density at radius 2 is 1.61 bits per heavy atom. The molecule has 1 aliphatic heterocycles. The fourth-order valence-electron chi connectivity index (χ4n) is 8.58. The lowest BCUT2D eigenvalue weighted by molar-refractivity contribution is -0.142. The molecule has 11 heteroatoms. The van der Waals surface area contributed by atoms with Crippen molar-refractivity contribution in [1.82, 2.24) is 10.1 Å². The molecule has 1 saturated heterocycles. The van der Waals surface area contributed by atoms with Crippen molar-refractivity contribution in [2.75, 3.05) is 32.1 Å². The van der Waals surface area contributed by atoms with Gasteiger partial charge in [-0.15, -0.1) is 0 Å². The summed E-state index contributed by atoms with van der Waals surface area (Å²) in [5.74, 6) is -3.18. The zero-order chi connectivity index (χ0) is 35.4. The molecule has 0 amide bonds. The van der Waals surface area contributed by atoms with E-state index in [-0.39, 0.29) is 53.9 Å². The van der Waals surface area contributed by atoms with Gasteiger partial charge in [0.25, 0.3) is 5.88 Å². The number of carbonyl (C=O) groups excluding carboxylic acids is 3. The van der Waals surface area contributed by atoms with Gasteiger partial charge < -0.3 is 29.1 Å². The molecular weight excluding hydrogens is 650 g/mol. The van der Waals surface area contributed by atoms with Crippen molar-refractivity contribution in [2.45, 2.75) is 50.5 Å². The maximum absolute atomic E-state index is 14.8. The number of ketones is 2. The van der Waals surface area contributed by atoms with Crippen molar-refractivity contribution in [3.8, 4) is 11.6 Å². The van der Waals surface area contributed by atoms with Crippen molar-refractivity contribution in [3.05, 3.63) is 111 Å². The first-order valence-electron chi connectivity index (χ1n) is 17.4. The van der Waals surface area contributed by atoms with Gasteiger partial charge in [0.05, 0.1) is 17.3 Å². The van der Waals surface area contributed by atoms with Crippen LogP contribution in [0.25, 0.3) is 5.76 Å². The van der Waals surface area contributed by atoms with Gasteiger partial charge in [-0.2, -0.15) is 0 Å². The number of anilines is 1. The van der Waals surface area contributed by atoms with Gasteiger partial charge in [-0.1, -0.05) is 60.7 Å². The first kappa shape index (κ1) is 32.9. The number of Topliss-reactive ketones (excluding diaryl/α,β-unsaturated/α-hetero) is 2. The molecule has 2 heterocycles. The molecule has 4 atom stereocenters. The Bertz CT molecular complexity index is 2050. The van der Waals surface area contributed by atoms with E-state index in [4.69, 9.17) is 14.0 Å². The van der Waals surface area contributed by atoms with E-state index >= 15 is 0 Å². The Kier molecular flexibility index (Phi) is 8.27. The average Bonchev–Trinajstić information content (AvgIpc) is 3.82. The quantitative estimate of drug-likeness (QED) is 0.170. The number of ether oxygens (including phenoxy) is 2. The Hall–Kier alpha value is -5.26. The number of aliphatic hydroxyl groups is 2.